The van der Waals surface area contributed by atoms with Crippen molar-refractivity contribution in [1.82, 2.24) is 19.5 Å². The number of benzene rings is 2. The highest BCUT2D eigenvalue weighted by atomic mass is 35.5. The van der Waals surface area contributed by atoms with Gasteiger partial charge in [-0.1, -0.05) is 17.7 Å². The van der Waals surface area contributed by atoms with E-state index in [-0.39, 0.29) is 4.90 Å². The average Bonchev–Trinajstić information content (AvgIpc) is 3.26. The van der Waals surface area contributed by atoms with Crippen molar-refractivity contribution in [3.63, 3.8) is 0 Å². The second kappa shape index (κ2) is 8.13. The molecule has 152 valence electrons. The summed E-state index contributed by atoms with van der Waals surface area (Å²) >= 11 is 6.04. The van der Waals surface area contributed by atoms with E-state index in [2.05, 4.69) is 19.7 Å². The van der Waals surface area contributed by atoms with E-state index in [1.165, 1.54) is 18.5 Å². The van der Waals surface area contributed by atoms with Crippen LogP contribution in [0.2, 0.25) is 5.02 Å². The zero-order chi connectivity index (χ0) is 21.1. The summed E-state index contributed by atoms with van der Waals surface area (Å²) in [6.45, 7) is 1.81. The van der Waals surface area contributed by atoms with Gasteiger partial charge < -0.3 is 4.74 Å². The smallest absolute Gasteiger partial charge is 0.261 e. The molecule has 2 aromatic carbocycles. The van der Waals surface area contributed by atoms with Crippen LogP contribution >= 0.6 is 11.6 Å². The number of halogens is 1. The fourth-order valence-corrected chi connectivity index (χ4v) is 3.92. The van der Waals surface area contributed by atoms with E-state index in [0.29, 0.717) is 28.2 Å². The van der Waals surface area contributed by atoms with Crippen LogP contribution in [0, 0.1) is 6.92 Å². The van der Waals surface area contributed by atoms with Crippen LogP contribution in [0.15, 0.2) is 78.5 Å². The van der Waals surface area contributed by atoms with Crippen LogP contribution < -0.4 is 9.46 Å². The van der Waals surface area contributed by atoms with Crippen molar-refractivity contribution < 1.29 is 13.2 Å². The van der Waals surface area contributed by atoms with E-state index < -0.39 is 10.0 Å². The van der Waals surface area contributed by atoms with Crippen LogP contribution in [0.1, 0.15) is 5.56 Å². The molecule has 2 aromatic heterocycles. The maximum atomic E-state index is 12.6. The Hall–Kier alpha value is -3.43. The number of nitrogens with zero attached hydrogens (tertiary/aromatic N) is 4. The lowest BCUT2D eigenvalue weighted by molar-refractivity contribution is 0.461. The van der Waals surface area contributed by atoms with Crippen molar-refractivity contribution in [2.75, 3.05) is 4.72 Å². The first kappa shape index (κ1) is 19.9. The number of imidazole rings is 1. The zero-order valence-corrected chi connectivity index (χ0v) is 17.3. The van der Waals surface area contributed by atoms with Gasteiger partial charge in [0, 0.05) is 29.2 Å². The van der Waals surface area contributed by atoms with Crippen molar-refractivity contribution in [1.29, 1.82) is 0 Å². The van der Waals surface area contributed by atoms with Crippen LogP contribution in [0.25, 0.3) is 5.82 Å². The average molecular weight is 442 g/mol. The summed E-state index contributed by atoms with van der Waals surface area (Å²) < 4.78 is 35.1. The number of nitrogens with one attached hydrogen (secondary N) is 1. The minimum Gasteiger partial charge on any atom is -0.439 e. The molecular formula is C20H16ClN5O3S. The van der Waals surface area contributed by atoms with E-state index in [0.717, 1.165) is 5.56 Å². The third-order valence-corrected chi connectivity index (χ3v) is 5.97. The number of anilines is 1. The minimum absolute atomic E-state index is 0.0893. The van der Waals surface area contributed by atoms with Crippen molar-refractivity contribution in [2.24, 2.45) is 0 Å². The van der Waals surface area contributed by atoms with Crippen molar-refractivity contribution in [2.45, 2.75) is 11.8 Å². The largest absolute Gasteiger partial charge is 0.439 e. The normalized spacial score (nSPS) is 11.3. The van der Waals surface area contributed by atoms with Crippen LogP contribution in [0.3, 0.4) is 0 Å². The third kappa shape index (κ3) is 4.42. The SMILES string of the molecule is Cc1ccc(S(=O)(=O)Nc2ccc(Oc3cc(-n4ccnc4)ncn3)cc2)cc1Cl. The molecule has 0 bridgehead atoms. The van der Waals surface area contributed by atoms with Gasteiger partial charge in [-0.3, -0.25) is 9.29 Å². The molecule has 30 heavy (non-hydrogen) atoms. The third-order valence-electron chi connectivity index (χ3n) is 4.18. The first-order chi connectivity index (χ1) is 14.4. The lowest BCUT2D eigenvalue weighted by atomic mass is 10.2. The molecule has 2 heterocycles. The summed E-state index contributed by atoms with van der Waals surface area (Å²) in [4.78, 5) is 12.3. The Kier molecular flexibility index (Phi) is 5.39. The molecule has 10 heteroatoms. The van der Waals surface area contributed by atoms with E-state index in [1.807, 2.05) is 0 Å². The number of aromatic nitrogens is 4. The Morgan fingerprint density at radius 1 is 1.07 bits per heavy atom. The summed E-state index contributed by atoms with van der Waals surface area (Å²) in [6.07, 6.45) is 6.41. The maximum Gasteiger partial charge on any atom is 0.261 e. The summed E-state index contributed by atoms with van der Waals surface area (Å²) in [5.41, 5.74) is 1.19. The molecule has 4 rings (SSSR count). The second-order valence-corrected chi connectivity index (χ2v) is 8.42. The first-order valence-corrected chi connectivity index (χ1v) is 10.6. The topological polar surface area (TPSA) is 99.0 Å². The molecule has 0 amide bonds. The predicted octanol–water partition coefficient (Wildman–Crippen LogP) is 4.22. The van der Waals surface area contributed by atoms with E-state index >= 15 is 0 Å². The van der Waals surface area contributed by atoms with E-state index in [1.54, 1.807) is 66.6 Å². The Balaban J connectivity index is 1.48. The quantitative estimate of drug-likeness (QED) is 0.481. The van der Waals surface area contributed by atoms with Gasteiger partial charge in [0.1, 0.15) is 24.2 Å². The Bertz CT molecular complexity index is 1280. The van der Waals surface area contributed by atoms with Crippen molar-refractivity contribution in [3.8, 4) is 17.4 Å². The summed E-state index contributed by atoms with van der Waals surface area (Å²) in [5, 5.41) is 0.390. The lowest BCUT2D eigenvalue weighted by Gasteiger charge is -2.10. The van der Waals surface area contributed by atoms with Gasteiger partial charge in [0.2, 0.25) is 5.88 Å². The molecule has 1 N–H and O–H groups in total. The molecule has 0 atom stereocenters. The predicted molar refractivity (Wildman–Crippen MR) is 113 cm³/mol. The first-order valence-electron chi connectivity index (χ1n) is 8.78. The molecule has 4 aromatic rings. The number of hydrogen-bond acceptors (Lipinski definition) is 6. The number of hydrogen-bond donors (Lipinski definition) is 1. The van der Waals surface area contributed by atoms with Gasteiger partial charge in [0.15, 0.2) is 0 Å². The molecule has 0 unspecified atom stereocenters. The summed E-state index contributed by atoms with van der Waals surface area (Å²) in [5.74, 6) is 1.45. The Morgan fingerprint density at radius 3 is 2.57 bits per heavy atom. The fourth-order valence-electron chi connectivity index (χ4n) is 2.59. The zero-order valence-electron chi connectivity index (χ0n) is 15.7. The molecule has 0 saturated carbocycles. The van der Waals surface area contributed by atoms with Gasteiger partial charge in [-0.25, -0.2) is 23.4 Å². The van der Waals surface area contributed by atoms with Gasteiger partial charge in [-0.2, -0.15) is 0 Å². The van der Waals surface area contributed by atoms with E-state index in [9.17, 15) is 8.42 Å². The molecule has 0 aliphatic heterocycles. The van der Waals surface area contributed by atoms with Crippen molar-refractivity contribution in [3.05, 3.63) is 84.2 Å². The molecule has 0 spiro atoms. The Morgan fingerprint density at radius 2 is 1.87 bits per heavy atom. The second-order valence-electron chi connectivity index (χ2n) is 6.33. The number of ether oxygens (including phenoxy) is 1. The highest BCUT2D eigenvalue weighted by Gasteiger charge is 2.15. The molecular weight excluding hydrogens is 426 g/mol. The lowest BCUT2D eigenvalue weighted by Crippen LogP contribution is -2.12. The van der Waals surface area contributed by atoms with Crippen molar-refractivity contribution >= 4 is 27.3 Å². The van der Waals surface area contributed by atoms with Gasteiger partial charge in [0.25, 0.3) is 10.0 Å². The fraction of sp³-hybridized carbons (Fsp3) is 0.0500. The molecule has 0 saturated heterocycles. The summed E-state index contributed by atoms with van der Waals surface area (Å²) in [7, 11) is -3.76. The van der Waals surface area contributed by atoms with Crippen LogP contribution in [0.5, 0.6) is 11.6 Å². The van der Waals surface area contributed by atoms with Gasteiger partial charge >= 0.3 is 0 Å². The van der Waals surface area contributed by atoms with Crippen LogP contribution in [0.4, 0.5) is 5.69 Å². The van der Waals surface area contributed by atoms with E-state index in [4.69, 9.17) is 16.3 Å². The Labute approximate surface area is 178 Å². The number of aryl methyl sites for hydroxylation is 1. The standard InChI is InChI=1S/C20H16ClN5O3S/c1-14-2-7-17(10-18(14)21)30(27,28)25-15-3-5-16(6-4-15)29-20-11-19(23-12-24-20)26-9-8-22-13-26/h2-13,25H,1H3. The molecule has 0 aliphatic rings. The van der Waals surface area contributed by atoms with Gasteiger partial charge in [-0.15, -0.1) is 0 Å². The highest BCUT2D eigenvalue weighted by Crippen LogP contribution is 2.25. The molecule has 0 radical (unpaired) electrons. The van der Waals surface area contributed by atoms with Crippen LogP contribution in [-0.2, 0) is 10.0 Å². The molecule has 8 nitrogen and oxygen atoms in total. The number of rotatable bonds is 6. The summed E-state index contributed by atoms with van der Waals surface area (Å²) in [6, 6.07) is 12.7. The minimum atomic E-state index is -3.76. The number of sulfonamides is 1. The monoisotopic (exact) mass is 441 g/mol. The maximum absolute atomic E-state index is 12.6. The van der Waals surface area contributed by atoms with Gasteiger partial charge in [-0.05, 0) is 48.9 Å². The molecule has 0 aliphatic carbocycles. The van der Waals surface area contributed by atoms with Gasteiger partial charge in [0.05, 0.1) is 4.90 Å². The van der Waals surface area contributed by atoms with Crippen LogP contribution in [-0.4, -0.2) is 27.9 Å². The highest BCUT2D eigenvalue weighted by molar-refractivity contribution is 7.92. The molecule has 0 fully saturated rings.